The number of phosphoric acid groups is 2. The fourth-order valence-corrected chi connectivity index (χ4v) is 10.3. The van der Waals surface area contributed by atoms with E-state index in [1.165, 1.54) is 24.4 Å². The minimum atomic E-state index is -5.71. The quantitative estimate of drug-likeness (QED) is 0.0231. The summed E-state index contributed by atoms with van der Waals surface area (Å²) >= 11 is 0. The van der Waals surface area contributed by atoms with E-state index < -0.39 is 120 Å². The van der Waals surface area contributed by atoms with Crippen molar-refractivity contribution in [3.05, 3.63) is 95.7 Å². The molecule has 0 saturated carbocycles. The van der Waals surface area contributed by atoms with Crippen LogP contribution in [0.5, 0.6) is 0 Å². The molecule has 21 nitrogen and oxygen atoms in total. The Morgan fingerprint density at radius 3 is 2.21 bits per heavy atom. The Morgan fingerprint density at radius 2 is 1.53 bits per heavy atom. The Balaban J connectivity index is 1.75. The summed E-state index contributed by atoms with van der Waals surface area (Å²) in [4.78, 5) is 64.1. The predicted octanol–water partition coefficient (Wildman–Crippen LogP) is 7.27. The van der Waals surface area contributed by atoms with Crippen LogP contribution >= 0.6 is 15.6 Å². The number of unbranched alkanes of at least 4 members (excludes halogenated alkanes) is 6. The molecule has 0 amide bonds. The van der Waals surface area contributed by atoms with Gasteiger partial charge in [-0.3, -0.25) is 23.2 Å². The van der Waals surface area contributed by atoms with Crippen molar-refractivity contribution in [3.8, 4) is 0 Å². The van der Waals surface area contributed by atoms with Crippen LogP contribution in [-0.4, -0.2) is 119 Å². The van der Waals surface area contributed by atoms with Gasteiger partial charge in [0.2, 0.25) is 0 Å². The molecule has 2 aliphatic heterocycles. The van der Waals surface area contributed by atoms with E-state index in [4.69, 9.17) is 29.0 Å². The number of phosphoric ester groups is 2. The molecule has 75 heavy (non-hydrogen) atoms. The number of rotatable bonds is 23. The summed E-state index contributed by atoms with van der Waals surface area (Å²) in [6.07, 6.45) is 21.2. The van der Waals surface area contributed by atoms with Gasteiger partial charge >= 0.3 is 33.3 Å². The van der Waals surface area contributed by atoms with Gasteiger partial charge in [0.1, 0.15) is 30.9 Å². The Kier molecular flexibility index (Phi) is 31.6. The highest BCUT2D eigenvalue weighted by atomic mass is 31.3. The van der Waals surface area contributed by atoms with Gasteiger partial charge in [0, 0.05) is 37.3 Å². The molecule has 3 rings (SSSR count). The van der Waals surface area contributed by atoms with Gasteiger partial charge in [0.25, 0.3) is 0 Å². The lowest BCUT2D eigenvalue weighted by molar-refractivity contribution is -0.194. The number of aromatic nitrogens is 2. The SMILES string of the molecule is CC/C=C\C/C=C\C/C=C\C/C=C\CCCCCCC(=O)OC[C@@H]1COP(=O)(O)OP(=O)(O)OC[C@H]2O[C@@H](n3ccc(N)nc3=O)[C@@H](CC=CCCCC(=O)O1)[C@@H](O)C[C@@H](O)[C@H](/C=C/[C@@H](O)CCCCC)[C@H](O)[C@@H]2O. The average Bonchev–Trinajstić information content (AvgIpc) is 3.35. The number of nitrogens with zero attached hydrogens (tertiary/aromatic N) is 2. The van der Waals surface area contributed by atoms with E-state index in [0.29, 0.717) is 19.3 Å². The Labute approximate surface area is 441 Å². The standard InChI is InChI=1S/C52H83N3O18P2/c1-3-5-7-8-9-10-11-12-13-14-15-16-17-18-19-20-25-29-47(59)68-36-40-37-69-74(64,65)73-75(66,67)70-38-45-50(62)49(61)41(32-31-39(56)27-23-6-4-2)43(57)35-44(58)42(28-24-21-22-26-30-48(60)71-40)51(72-45)55-34-33-46(53)54-52(55)63/h5,7,9-10,12-13,15-16,21,24,31-34,39-45,49-51,56-58,61-62H,3-4,6,8,11,14,17-20,22-23,25-30,35-38H2,1-2H3,(H,64,65)(H,66,67)(H2,53,54,63)/b7-5-,10-9-,13-12-,16-15-,24-21?,32-31+/t39-,40+,41-,42-,43+,44-,45+,49-,50+,51+/m0/s1. The third-order valence-corrected chi connectivity index (χ3v) is 14.9. The second kappa shape index (κ2) is 36.2. The number of hydrogen-bond donors (Lipinski definition) is 8. The molecule has 3 heterocycles. The first kappa shape index (κ1) is 65.4. The molecule has 0 spiro atoms. The van der Waals surface area contributed by atoms with Crippen LogP contribution in [0.4, 0.5) is 5.82 Å². The summed E-state index contributed by atoms with van der Waals surface area (Å²) in [6, 6.07) is 1.24. The van der Waals surface area contributed by atoms with Crippen LogP contribution in [0, 0.1) is 11.8 Å². The molecule has 2 bridgehead atoms. The van der Waals surface area contributed by atoms with Crippen LogP contribution in [0.1, 0.15) is 142 Å². The molecule has 0 radical (unpaired) electrons. The second-order valence-electron chi connectivity index (χ2n) is 18.6. The molecular formula is C52H83N3O18P2. The zero-order chi connectivity index (χ0) is 55.1. The normalized spacial score (nSPS) is 29.9. The molecule has 1 aromatic heterocycles. The zero-order valence-corrected chi connectivity index (χ0v) is 45.2. The lowest BCUT2D eigenvalue weighted by Crippen LogP contribution is -2.52. The summed E-state index contributed by atoms with van der Waals surface area (Å²) in [5.41, 5.74) is 4.77. The van der Waals surface area contributed by atoms with E-state index >= 15 is 0 Å². The van der Waals surface area contributed by atoms with Crippen LogP contribution in [0.25, 0.3) is 0 Å². The number of nitrogen functional groups attached to an aromatic ring is 1. The minimum Gasteiger partial charge on any atom is -0.462 e. The smallest absolute Gasteiger partial charge is 0.462 e. The number of anilines is 1. The fraction of sp³-hybridized carbons (Fsp3) is 0.654. The maximum absolute atomic E-state index is 13.4. The van der Waals surface area contributed by atoms with Crippen LogP contribution in [-0.2, 0) is 46.3 Å². The molecule has 12 atom stereocenters. The molecule has 2 aliphatic rings. The highest BCUT2D eigenvalue weighted by Crippen LogP contribution is 2.60. The van der Waals surface area contributed by atoms with Crippen molar-refractivity contribution >= 4 is 33.4 Å². The van der Waals surface area contributed by atoms with E-state index in [2.05, 4.69) is 64.8 Å². The van der Waals surface area contributed by atoms with Crippen molar-refractivity contribution in [2.24, 2.45) is 11.8 Å². The van der Waals surface area contributed by atoms with E-state index in [1.807, 2.05) is 6.92 Å². The Bertz CT molecular complexity index is 2170. The summed E-state index contributed by atoms with van der Waals surface area (Å²) < 4.78 is 59.0. The lowest BCUT2D eigenvalue weighted by atomic mass is 9.82. The highest BCUT2D eigenvalue weighted by Gasteiger charge is 2.45. The molecule has 0 aliphatic carbocycles. The number of aliphatic hydroxyl groups is 5. The largest absolute Gasteiger partial charge is 0.481 e. The van der Waals surface area contributed by atoms with Gasteiger partial charge in [-0.25, -0.2) is 13.9 Å². The van der Waals surface area contributed by atoms with E-state index in [0.717, 1.165) is 68.8 Å². The molecule has 9 N–H and O–H groups in total. The number of carbonyl (C=O) groups is 2. The summed E-state index contributed by atoms with van der Waals surface area (Å²) in [7, 11) is -11.3. The number of esters is 2. The number of hydrogen-bond acceptors (Lipinski definition) is 18. The van der Waals surface area contributed by atoms with Crippen LogP contribution < -0.4 is 11.4 Å². The van der Waals surface area contributed by atoms with Crippen LogP contribution in [0.2, 0.25) is 0 Å². The third kappa shape index (κ3) is 26.8. The molecular weight excluding hydrogens is 1020 g/mol. The summed E-state index contributed by atoms with van der Waals surface area (Å²) in [6.45, 7) is 1.36. The first-order valence-corrected chi connectivity index (χ1v) is 29.2. The van der Waals surface area contributed by atoms with Gasteiger partial charge in [-0.1, -0.05) is 119 Å². The number of fused-ring (bicyclic) bond motifs is 3. The van der Waals surface area contributed by atoms with E-state index in [9.17, 15) is 58.8 Å². The molecule has 2 unspecified atom stereocenters. The van der Waals surface area contributed by atoms with Gasteiger partial charge in [-0.2, -0.15) is 9.29 Å². The fourth-order valence-electron chi connectivity index (χ4n) is 8.17. The van der Waals surface area contributed by atoms with Gasteiger partial charge in [0.05, 0.1) is 37.6 Å². The van der Waals surface area contributed by atoms with E-state index in [1.54, 1.807) is 12.2 Å². The predicted molar refractivity (Wildman–Crippen MR) is 281 cm³/mol. The third-order valence-electron chi connectivity index (χ3n) is 12.3. The first-order chi connectivity index (χ1) is 35.9. The molecule has 1 fully saturated rings. The molecule has 23 heteroatoms. The minimum absolute atomic E-state index is 0.0489. The average molecular weight is 1100 g/mol. The summed E-state index contributed by atoms with van der Waals surface area (Å²) in [5, 5.41) is 57.4. The van der Waals surface area contributed by atoms with Crippen molar-refractivity contribution in [2.45, 2.75) is 185 Å². The molecule has 424 valence electrons. The number of allylic oxidation sites excluding steroid dienone is 10. The molecule has 1 saturated heterocycles. The Morgan fingerprint density at radius 1 is 0.867 bits per heavy atom. The Hall–Kier alpha value is -3.92. The first-order valence-electron chi connectivity index (χ1n) is 26.2. The maximum atomic E-state index is 13.4. The number of nitrogens with two attached hydrogens (primary N) is 1. The molecule has 1 aromatic rings. The zero-order valence-electron chi connectivity index (χ0n) is 43.4. The van der Waals surface area contributed by atoms with Gasteiger partial charge < -0.3 is 55.3 Å². The van der Waals surface area contributed by atoms with Crippen molar-refractivity contribution in [2.75, 3.05) is 25.6 Å². The van der Waals surface area contributed by atoms with Crippen LogP contribution in [0.15, 0.2) is 90.0 Å². The van der Waals surface area contributed by atoms with Crippen molar-refractivity contribution in [3.63, 3.8) is 0 Å². The van der Waals surface area contributed by atoms with Crippen LogP contribution in [0.3, 0.4) is 0 Å². The lowest BCUT2D eigenvalue weighted by Gasteiger charge is -2.40. The number of aliphatic hydroxyl groups excluding tert-OH is 5. The number of carbonyl (C=O) groups excluding carboxylic acids is 2. The second-order valence-corrected chi connectivity index (χ2v) is 21.7. The van der Waals surface area contributed by atoms with Gasteiger partial charge in [-0.15, -0.1) is 0 Å². The summed E-state index contributed by atoms with van der Waals surface area (Å²) in [5.74, 6) is -4.18. The highest BCUT2D eigenvalue weighted by molar-refractivity contribution is 7.61. The van der Waals surface area contributed by atoms with Crippen molar-refractivity contribution in [1.29, 1.82) is 0 Å². The number of cyclic esters (lactones) is 1. The molecule has 0 aromatic carbocycles. The van der Waals surface area contributed by atoms with Crippen molar-refractivity contribution in [1.82, 2.24) is 9.55 Å². The number of ether oxygens (including phenoxy) is 3. The van der Waals surface area contributed by atoms with Gasteiger partial charge in [0.15, 0.2) is 6.10 Å². The topological polar surface area (TPSA) is 326 Å². The monoisotopic (exact) mass is 1100 g/mol. The van der Waals surface area contributed by atoms with Crippen molar-refractivity contribution < 1.29 is 81.6 Å². The van der Waals surface area contributed by atoms with E-state index in [-0.39, 0.29) is 37.9 Å². The van der Waals surface area contributed by atoms with Gasteiger partial charge in [-0.05, 0) is 76.7 Å². The maximum Gasteiger partial charge on any atom is 0.481 e.